The highest BCUT2D eigenvalue weighted by Gasteiger charge is 2.42. The molecule has 0 aromatic rings. The molecule has 1 heterocycles. The monoisotopic (exact) mass is 222 g/mol. The number of carbonyl (C=O) groups excluding carboxylic acids is 1. The molecule has 1 atom stereocenters. The van der Waals surface area contributed by atoms with Crippen LogP contribution in [0, 0.1) is 22.7 Å². The fourth-order valence-corrected chi connectivity index (χ4v) is 2.17. The van der Waals surface area contributed by atoms with Crippen LogP contribution in [-0.2, 0) is 9.53 Å². The Morgan fingerprint density at radius 2 is 2.12 bits per heavy atom. The molecule has 2 rings (SSSR count). The molecule has 1 saturated carbocycles. The van der Waals surface area contributed by atoms with E-state index in [-0.39, 0.29) is 11.9 Å². The second kappa shape index (κ2) is 4.42. The Kier molecular flexibility index (Phi) is 3.15. The summed E-state index contributed by atoms with van der Waals surface area (Å²) in [6, 6.07) is 2.40. The Hall–Kier alpha value is -1.08. The molecule has 2 fully saturated rings. The first-order chi connectivity index (χ1) is 7.68. The average molecular weight is 222 g/mol. The summed E-state index contributed by atoms with van der Waals surface area (Å²) in [5.41, 5.74) is -0.846. The molecule has 0 radical (unpaired) electrons. The van der Waals surface area contributed by atoms with E-state index in [1.165, 1.54) is 12.8 Å². The first-order valence-corrected chi connectivity index (χ1v) is 5.98. The highest BCUT2D eigenvalue weighted by molar-refractivity contribution is 5.85. The van der Waals surface area contributed by atoms with Crippen LogP contribution in [0.15, 0.2) is 0 Å². The molecule has 1 saturated heterocycles. The molecule has 0 spiro atoms. The maximum absolute atomic E-state index is 12.1. The lowest BCUT2D eigenvalue weighted by atomic mass is 9.80. The van der Waals surface area contributed by atoms with Crippen molar-refractivity contribution in [1.82, 2.24) is 5.32 Å². The number of nitrogens with one attached hydrogen (secondary N) is 1. The van der Waals surface area contributed by atoms with Crippen LogP contribution >= 0.6 is 0 Å². The number of ether oxygens (including phenoxy) is 1. The Bertz CT molecular complexity index is 311. The van der Waals surface area contributed by atoms with E-state index in [2.05, 4.69) is 11.4 Å². The standard InChI is InChI=1S/C12H18N2O2/c1-9(10-2-3-10)14-11(15)12(8-13)4-6-16-7-5-12/h9-10H,2-7H2,1H3,(H,14,15). The van der Waals surface area contributed by atoms with Gasteiger partial charge in [0.25, 0.3) is 0 Å². The van der Waals surface area contributed by atoms with E-state index in [4.69, 9.17) is 4.74 Å². The summed E-state index contributed by atoms with van der Waals surface area (Å²) >= 11 is 0. The van der Waals surface area contributed by atoms with Gasteiger partial charge in [0, 0.05) is 19.3 Å². The molecule has 1 amide bonds. The molecule has 0 bridgehead atoms. The molecular weight excluding hydrogens is 204 g/mol. The highest BCUT2D eigenvalue weighted by atomic mass is 16.5. The molecule has 1 unspecified atom stereocenters. The van der Waals surface area contributed by atoms with Gasteiger partial charge in [-0.1, -0.05) is 0 Å². The third-order valence-corrected chi connectivity index (χ3v) is 3.68. The Morgan fingerprint density at radius 3 is 2.62 bits per heavy atom. The fourth-order valence-electron chi connectivity index (χ4n) is 2.17. The van der Waals surface area contributed by atoms with Gasteiger partial charge in [0.15, 0.2) is 0 Å². The van der Waals surface area contributed by atoms with Gasteiger partial charge in [-0.3, -0.25) is 4.79 Å². The Balaban J connectivity index is 1.97. The van der Waals surface area contributed by atoms with E-state index in [1.807, 2.05) is 6.92 Å². The van der Waals surface area contributed by atoms with Crippen molar-refractivity contribution in [1.29, 1.82) is 5.26 Å². The minimum atomic E-state index is -0.846. The molecule has 0 aromatic carbocycles. The van der Waals surface area contributed by atoms with E-state index >= 15 is 0 Å². The first-order valence-electron chi connectivity index (χ1n) is 5.98. The lowest BCUT2D eigenvalue weighted by Crippen LogP contribution is -2.47. The number of carbonyl (C=O) groups is 1. The molecule has 0 aromatic heterocycles. The van der Waals surface area contributed by atoms with Crippen LogP contribution < -0.4 is 5.32 Å². The molecular formula is C12H18N2O2. The normalized spacial score (nSPS) is 25.5. The van der Waals surface area contributed by atoms with Crippen LogP contribution in [-0.4, -0.2) is 25.2 Å². The fraction of sp³-hybridized carbons (Fsp3) is 0.833. The van der Waals surface area contributed by atoms with Crippen molar-refractivity contribution in [3.05, 3.63) is 0 Å². The smallest absolute Gasteiger partial charge is 0.240 e. The maximum atomic E-state index is 12.1. The molecule has 4 heteroatoms. The van der Waals surface area contributed by atoms with Crippen molar-refractivity contribution in [3.8, 4) is 6.07 Å². The Labute approximate surface area is 96.0 Å². The summed E-state index contributed by atoms with van der Waals surface area (Å²) in [5.74, 6) is 0.525. The topological polar surface area (TPSA) is 62.1 Å². The van der Waals surface area contributed by atoms with E-state index in [1.54, 1.807) is 0 Å². The zero-order chi connectivity index (χ0) is 11.6. The third kappa shape index (κ3) is 2.19. The van der Waals surface area contributed by atoms with Crippen LogP contribution in [0.1, 0.15) is 32.6 Å². The predicted molar refractivity (Wildman–Crippen MR) is 58.4 cm³/mol. The van der Waals surface area contributed by atoms with Gasteiger partial charge in [0.2, 0.25) is 5.91 Å². The van der Waals surface area contributed by atoms with E-state index < -0.39 is 5.41 Å². The number of nitrogens with zero attached hydrogens (tertiary/aromatic N) is 1. The van der Waals surface area contributed by atoms with Gasteiger partial charge in [-0.15, -0.1) is 0 Å². The number of amides is 1. The van der Waals surface area contributed by atoms with Gasteiger partial charge in [0.05, 0.1) is 6.07 Å². The molecule has 4 nitrogen and oxygen atoms in total. The van der Waals surface area contributed by atoms with Gasteiger partial charge in [0.1, 0.15) is 5.41 Å². The van der Waals surface area contributed by atoms with Crippen molar-refractivity contribution < 1.29 is 9.53 Å². The van der Waals surface area contributed by atoms with Gasteiger partial charge >= 0.3 is 0 Å². The second-order valence-corrected chi connectivity index (χ2v) is 4.91. The lowest BCUT2D eigenvalue weighted by Gasteiger charge is -2.30. The summed E-state index contributed by atoms with van der Waals surface area (Å²) in [5, 5.41) is 12.2. The van der Waals surface area contributed by atoms with Crippen molar-refractivity contribution >= 4 is 5.91 Å². The number of hydrogen-bond acceptors (Lipinski definition) is 3. The summed E-state index contributed by atoms with van der Waals surface area (Å²) in [4.78, 5) is 12.1. The predicted octanol–water partition coefficient (Wildman–Crippen LogP) is 1.22. The van der Waals surface area contributed by atoms with E-state index in [0.29, 0.717) is 32.0 Å². The summed E-state index contributed by atoms with van der Waals surface area (Å²) in [6.45, 7) is 3.05. The zero-order valence-electron chi connectivity index (χ0n) is 9.66. The third-order valence-electron chi connectivity index (χ3n) is 3.68. The largest absolute Gasteiger partial charge is 0.381 e. The van der Waals surface area contributed by atoms with Crippen LogP contribution in [0.3, 0.4) is 0 Å². The number of nitriles is 1. The van der Waals surface area contributed by atoms with E-state index in [9.17, 15) is 10.1 Å². The number of rotatable bonds is 3. The summed E-state index contributed by atoms with van der Waals surface area (Å²) < 4.78 is 5.21. The quantitative estimate of drug-likeness (QED) is 0.781. The number of hydrogen-bond donors (Lipinski definition) is 1. The van der Waals surface area contributed by atoms with Crippen molar-refractivity contribution in [2.24, 2.45) is 11.3 Å². The van der Waals surface area contributed by atoms with Gasteiger partial charge in [-0.05, 0) is 38.5 Å². The molecule has 1 N–H and O–H groups in total. The highest BCUT2D eigenvalue weighted by Crippen LogP contribution is 2.34. The lowest BCUT2D eigenvalue weighted by molar-refractivity contribution is -0.133. The molecule has 1 aliphatic carbocycles. The van der Waals surface area contributed by atoms with Gasteiger partial charge in [-0.2, -0.15) is 5.26 Å². The van der Waals surface area contributed by atoms with Crippen LogP contribution in [0.5, 0.6) is 0 Å². The summed E-state index contributed by atoms with van der Waals surface area (Å²) in [6.07, 6.45) is 3.44. The molecule has 2 aliphatic rings. The van der Waals surface area contributed by atoms with Gasteiger partial charge < -0.3 is 10.1 Å². The minimum absolute atomic E-state index is 0.0994. The maximum Gasteiger partial charge on any atom is 0.240 e. The van der Waals surface area contributed by atoms with Crippen molar-refractivity contribution in [2.75, 3.05) is 13.2 Å². The second-order valence-electron chi connectivity index (χ2n) is 4.91. The molecule has 88 valence electrons. The average Bonchev–Trinajstić information content (AvgIpc) is 3.13. The van der Waals surface area contributed by atoms with Gasteiger partial charge in [-0.25, -0.2) is 0 Å². The minimum Gasteiger partial charge on any atom is -0.381 e. The molecule has 16 heavy (non-hydrogen) atoms. The van der Waals surface area contributed by atoms with E-state index in [0.717, 1.165) is 0 Å². The first kappa shape index (κ1) is 11.4. The van der Waals surface area contributed by atoms with Crippen molar-refractivity contribution in [3.63, 3.8) is 0 Å². The van der Waals surface area contributed by atoms with Crippen LogP contribution in [0.4, 0.5) is 0 Å². The van der Waals surface area contributed by atoms with Crippen molar-refractivity contribution in [2.45, 2.75) is 38.6 Å². The van der Waals surface area contributed by atoms with Crippen LogP contribution in [0.2, 0.25) is 0 Å². The zero-order valence-corrected chi connectivity index (χ0v) is 9.66. The van der Waals surface area contributed by atoms with Crippen LogP contribution in [0.25, 0.3) is 0 Å². The molecule has 1 aliphatic heterocycles. The SMILES string of the molecule is CC(NC(=O)C1(C#N)CCOCC1)C1CC1. The summed E-state index contributed by atoms with van der Waals surface area (Å²) in [7, 11) is 0. The Morgan fingerprint density at radius 1 is 1.50 bits per heavy atom.